The molecule has 0 aromatic carbocycles. The third kappa shape index (κ3) is 3.13. The van der Waals surface area contributed by atoms with Crippen LogP contribution in [0.1, 0.15) is 19.2 Å². The van der Waals surface area contributed by atoms with Crippen molar-refractivity contribution in [2.75, 3.05) is 13.2 Å². The largest absolute Gasteiger partial charge is 0.464 e. The fraction of sp³-hybridized carbons (Fsp3) is 0.700. The quantitative estimate of drug-likeness (QED) is 0.749. The molecule has 1 fully saturated rings. The van der Waals surface area contributed by atoms with Gasteiger partial charge in [-0.25, -0.2) is 4.79 Å². The van der Waals surface area contributed by atoms with Gasteiger partial charge in [0.2, 0.25) is 0 Å². The van der Waals surface area contributed by atoms with E-state index in [4.69, 9.17) is 14.2 Å². The lowest BCUT2D eigenvalue weighted by molar-refractivity contribution is -0.153. The Labute approximate surface area is 103 Å². The lowest BCUT2D eigenvalue weighted by Crippen LogP contribution is -2.23. The number of aromatic nitrogens is 2. The third-order valence-corrected chi connectivity index (χ3v) is 2.99. The molecule has 2 atom stereocenters. The maximum Gasteiger partial charge on any atom is 0.335 e. The second-order valence-electron chi connectivity index (χ2n) is 3.66. The van der Waals surface area contributed by atoms with Crippen molar-refractivity contribution in [2.24, 2.45) is 0 Å². The smallest absolute Gasteiger partial charge is 0.335 e. The molecule has 17 heavy (non-hydrogen) atoms. The van der Waals surface area contributed by atoms with Gasteiger partial charge in [0, 0.05) is 18.0 Å². The zero-order chi connectivity index (χ0) is 12.3. The van der Waals surface area contributed by atoms with Crippen LogP contribution >= 0.6 is 11.5 Å². The molecule has 1 saturated heterocycles. The van der Waals surface area contributed by atoms with Gasteiger partial charge in [-0.15, -0.1) is 0 Å². The van der Waals surface area contributed by atoms with E-state index < -0.39 is 6.10 Å². The number of aryl methyl sites for hydroxylation is 1. The number of hydrogen-bond acceptors (Lipinski definition) is 7. The molecule has 0 bridgehead atoms. The Kier molecular flexibility index (Phi) is 3.90. The van der Waals surface area contributed by atoms with E-state index in [1.54, 1.807) is 13.8 Å². The number of rotatable bonds is 4. The minimum absolute atomic E-state index is 0.156. The van der Waals surface area contributed by atoms with Gasteiger partial charge >= 0.3 is 5.97 Å². The first-order chi connectivity index (χ1) is 8.19. The Morgan fingerprint density at radius 2 is 2.47 bits per heavy atom. The highest BCUT2D eigenvalue weighted by Crippen LogP contribution is 2.22. The predicted molar refractivity (Wildman–Crippen MR) is 60.1 cm³/mol. The Morgan fingerprint density at radius 3 is 3.12 bits per heavy atom. The summed E-state index contributed by atoms with van der Waals surface area (Å²) in [6.07, 6.45) is -0.178. The van der Waals surface area contributed by atoms with E-state index in [0.717, 1.165) is 0 Å². The van der Waals surface area contributed by atoms with Gasteiger partial charge < -0.3 is 14.2 Å². The minimum Gasteiger partial charge on any atom is -0.464 e. The van der Waals surface area contributed by atoms with Gasteiger partial charge in [0.15, 0.2) is 6.10 Å². The topological polar surface area (TPSA) is 70.5 Å². The van der Waals surface area contributed by atoms with Crippen molar-refractivity contribution in [3.8, 4) is 5.19 Å². The number of hydrogen-bond donors (Lipinski definition) is 0. The second-order valence-corrected chi connectivity index (χ2v) is 4.37. The summed E-state index contributed by atoms with van der Waals surface area (Å²) in [7, 11) is 0. The van der Waals surface area contributed by atoms with Crippen molar-refractivity contribution in [3.63, 3.8) is 0 Å². The van der Waals surface area contributed by atoms with Gasteiger partial charge in [0.1, 0.15) is 11.9 Å². The van der Waals surface area contributed by atoms with Crippen LogP contribution in [0.5, 0.6) is 5.19 Å². The molecule has 0 N–H and O–H groups in total. The van der Waals surface area contributed by atoms with Crippen molar-refractivity contribution in [1.82, 2.24) is 9.36 Å². The Balaban J connectivity index is 1.83. The third-order valence-electron chi connectivity index (χ3n) is 2.29. The van der Waals surface area contributed by atoms with Crippen LogP contribution in [-0.2, 0) is 14.3 Å². The van der Waals surface area contributed by atoms with Crippen LogP contribution in [0.25, 0.3) is 0 Å². The second kappa shape index (κ2) is 5.42. The molecule has 0 saturated carbocycles. The van der Waals surface area contributed by atoms with Gasteiger partial charge in [-0.1, -0.05) is 0 Å². The molecule has 94 valence electrons. The van der Waals surface area contributed by atoms with Gasteiger partial charge in [-0.3, -0.25) is 0 Å². The molecular weight excluding hydrogens is 244 g/mol. The molecule has 1 aliphatic heterocycles. The average molecular weight is 258 g/mol. The summed E-state index contributed by atoms with van der Waals surface area (Å²) in [4.78, 5) is 15.5. The maximum absolute atomic E-state index is 11.4. The first-order valence-corrected chi connectivity index (χ1v) is 6.21. The summed E-state index contributed by atoms with van der Waals surface area (Å²) in [5.74, 6) is 0.359. The van der Waals surface area contributed by atoms with Crippen molar-refractivity contribution in [1.29, 1.82) is 0 Å². The molecule has 2 heterocycles. The predicted octanol–water partition coefficient (Wildman–Crippen LogP) is 0.946. The van der Waals surface area contributed by atoms with E-state index in [1.165, 1.54) is 11.5 Å². The summed E-state index contributed by atoms with van der Waals surface area (Å²) >= 11 is 1.20. The Hall–Kier alpha value is -1.21. The Morgan fingerprint density at radius 1 is 1.65 bits per heavy atom. The number of carbonyl (C=O) groups is 1. The van der Waals surface area contributed by atoms with Crippen LogP contribution in [0.15, 0.2) is 0 Å². The highest BCUT2D eigenvalue weighted by Gasteiger charge is 2.33. The molecule has 0 unspecified atom stereocenters. The molecule has 6 nitrogen and oxygen atoms in total. The van der Waals surface area contributed by atoms with E-state index in [2.05, 4.69) is 9.36 Å². The Bertz CT molecular complexity index is 395. The van der Waals surface area contributed by atoms with Crippen LogP contribution in [0.2, 0.25) is 0 Å². The lowest BCUT2D eigenvalue weighted by atomic mass is 10.2. The molecule has 2 rings (SSSR count). The zero-order valence-electron chi connectivity index (χ0n) is 9.71. The van der Waals surface area contributed by atoms with Crippen LogP contribution in [0.4, 0.5) is 0 Å². The first-order valence-electron chi connectivity index (χ1n) is 5.44. The zero-order valence-corrected chi connectivity index (χ0v) is 10.5. The number of nitrogens with zero attached hydrogens (tertiary/aromatic N) is 2. The summed E-state index contributed by atoms with van der Waals surface area (Å²) < 4.78 is 19.8. The van der Waals surface area contributed by atoms with E-state index in [-0.39, 0.29) is 12.1 Å². The molecule has 0 amide bonds. The highest BCUT2D eigenvalue weighted by atomic mass is 32.1. The lowest BCUT2D eigenvalue weighted by Gasteiger charge is -2.08. The van der Waals surface area contributed by atoms with Gasteiger partial charge in [-0.05, 0) is 13.8 Å². The first kappa shape index (κ1) is 12.3. The summed E-state index contributed by atoms with van der Waals surface area (Å²) in [6.45, 7) is 4.31. The summed E-state index contributed by atoms with van der Waals surface area (Å²) in [6, 6.07) is 0. The molecule has 0 aliphatic carbocycles. The molecule has 1 aromatic heterocycles. The monoisotopic (exact) mass is 258 g/mol. The standard InChI is InChI=1S/C10H14N2O4S/c1-3-14-9(13)8-4-7(5-15-8)16-10-11-6(2)12-17-10/h7-8H,3-5H2,1-2H3/t7-,8+/m0/s1. The molecule has 0 radical (unpaired) electrons. The molecule has 1 aliphatic rings. The van der Waals surface area contributed by atoms with Crippen LogP contribution in [0.3, 0.4) is 0 Å². The van der Waals surface area contributed by atoms with E-state index in [0.29, 0.717) is 30.7 Å². The summed E-state index contributed by atoms with van der Waals surface area (Å²) in [5.41, 5.74) is 0. The average Bonchev–Trinajstić information content (AvgIpc) is 2.89. The normalized spacial score (nSPS) is 23.6. The van der Waals surface area contributed by atoms with Crippen molar-refractivity contribution in [2.45, 2.75) is 32.5 Å². The number of esters is 1. The van der Waals surface area contributed by atoms with Gasteiger partial charge in [0.25, 0.3) is 5.19 Å². The van der Waals surface area contributed by atoms with Crippen LogP contribution < -0.4 is 4.74 Å². The number of carbonyl (C=O) groups excluding carboxylic acids is 1. The highest BCUT2D eigenvalue weighted by molar-refractivity contribution is 7.07. The molecule has 1 aromatic rings. The van der Waals surface area contributed by atoms with Gasteiger partial charge in [-0.2, -0.15) is 9.36 Å². The fourth-order valence-corrected chi connectivity index (χ4v) is 2.15. The maximum atomic E-state index is 11.4. The van der Waals surface area contributed by atoms with Crippen molar-refractivity contribution >= 4 is 17.5 Å². The fourth-order valence-electron chi connectivity index (χ4n) is 1.55. The SMILES string of the molecule is CCOC(=O)[C@H]1C[C@H](Oc2nc(C)ns2)CO1. The molecule has 0 spiro atoms. The van der Waals surface area contributed by atoms with Gasteiger partial charge in [0.05, 0.1) is 13.2 Å². The molecular formula is C10H14N2O4S. The van der Waals surface area contributed by atoms with E-state index in [9.17, 15) is 4.79 Å². The van der Waals surface area contributed by atoms with Crippen molar-refractivity contribution in [3.05, 3.63) is 5.82 Å². The van der Waals surface area contributed by atoms with Crippen LogP contribution in [0, 0.1) is 6.92 Å². The number of ether oxygens (including phenoxy) is 3. The van der Waals surface area contributed by atoms with E-state index >= 15 is 0 Å². The molecule has 7 heteroatoms. The van der Waals surface area contributed by atoms with E-state index in [1.807, 2.05) is 0 Å². The minimum atomic E-state index is -0.519. The summed E-state index contributed by atoms with van der Waals surface area (Å²) in [5, 5.41) is 0.514. The van der Waals surface area contributed by atoms with Crippen LogP contribution in [-0.4, -0.2) is 40.7 Å². The van der Waals surface area contributed by atoms with Crippen molar-refractivity contribution < 1.29 is 19.0 Å².